The van der Waals surface area contributed by atoms with E-state index in [0.29, 0.717) is 24.1 Å². The van der Waals surface area contributed by atoms with Crippen LogP contribution in [0.2, 0.25) is 0 Å². The number of carbonyl (C=O) groups is 1. The average molecular weight is 305 g/mol. The Morgan fingerprint density at radius 2 is 2.32 bits per heavy atom. The normalized spacial score (nSPS) is 21.4. The molecule has 1 N–H and O–H groups in total. The van der Waals surface area contributed by atoms with Gasteiger partial charge in [0.05, 0.1) is 23.2 Å². The van der Waals surface area contributed by atoms with Gasteiger partial charge < -0.3 is 9.73 Å². The van der Waals surface area contributed by atoms with Crippen molar-refractivity contribution in [2.24, 2.45) is 0 Å². The van der Waals surface area contributed by atoms with Crippen molar-refractivity contribution >= 4 is 27.5 Å². The molecule has 2 heterocycles. The van der Waals surface area contributed by atoms with Crippen LogP contribution in [0.5, 0.6) is 0 Å². The van der Waals surface area contributed by atoms with Crippen molar-refractivity contribution in [1.82, 2.24) is 15.5 Å². The van der Waals surface area contributed by atoms with Crippen molar-refractivity contribution in [3.63, 3.8) is 0 Å². The molecule has 1 amide bonds. The summed E-state index contributed by atoms with van der Waals surface area (Å²) in [5.74, 6) is 0.474. The summed E-state index contributed by atoms with van der Waals surface area (Å²) in [4.78, 5) is 11.3. The summed E-state index contributed by atoms with van der Waals surface area (Å²) in [5, 5.41) is 10.6. The fraction of sp³-hybridized carbons (Fsp3) is 0.700. The van der Waals surface area contributed by atoms with E-state index in [1.165, 1.54) is 0 Å². The summed E-state index contributed by atoms with van der Waals surface area (Å²) in [6, 6.07) is 0. The molecule has 19 heavy (non-hydrogen) atoms. The van der Waals surface area contributed by atoms with Crippen molar-refractivity contribution < 1.29 is 17.6 Å². The molecule has 0 aliphatic carbocycles. The number of nitrogens with zero attached hydrogens (tertiary/aromatic N) is 2. The second kappa shape index (κ2) is 5.91. The highest BCUT2D eigenvalue weighted by atomic mass is 32.2. The fourth-order valence-corrected chi connectivity index (χ4v) is 4.14. The van der Waals surface area contributed by atoms with Gasteiger partial charge in [-0.25, -0.2) is 8.42 Å². The zero-order chi connectivity index (χ0) is 13.9. The third kappa shape index (κ3) is 3.93. The van der Waals surface area contributed by atoms with Crippen LogP contribution in [0, 0.1) is 0 Å². The molecule has 7 nitrogen and oxygen atoms in total. The number of carbonyl (C=O) groups excluding carboxylic acids is 1. The van der Waals surface area contributed by atoms with Crippen molar-refractivity contribution in [3.8, 4) is 0 Å². The van der Waals surface area contributed by atoms with Crippen LogP contribution in [0.15, 0.2) is 9.64 Å². The highest BCUT2D eigenvalue weighted by Crippen LogP contribution is 2.29. The van der Waals surface area contributed by atoms with E-state index in [4.69, 9.17) is 4.42 Å². The van der Waals surface area contributed by atoms with Crippen molar-refractivity contribution in [3.05, 3.63) is 5.89 Å². The lowest BCUT2D eigenvalue weighted by Gasteiger charge is -2.00. The van der Waals surface area contributed by atoms with Crippen molar-refractivity contribution in [2.75, 3.05) is 23.8 Å². The van der Waals surface area contributed by atoms with Crippen LogP contribution in [0.4, 0.5) is 0 Å². The molecule has 0 bridgehead atoms. The molecule has 1 fully saturated rings. The first kappa shape index (κ1) is 14.3. The van der Waals surface area contributed by atoms with Crippen LogP contribution in [0.3, 0.4) is 0 Å². The Morgan fingerprint density at radius 1 is 1.53 bits per heavy atom. The van der Waals surface area contributed by atoms with E-state index in [0.717, 1.165) is 11.8 Å². The van der Waals surface area contributed by atoms with Gasteiger partial charge in [-0.15, -0.1) is 10.2 Å². The molecule has 0 unspecified atom stereocenters. The van der Waals surface area contributed by atoms with E-state index >= 15 is 0 Å². The van der Waals surface area contributed by atoms with E-state index in [-0.39, 0.29) is 29.1 Å². The summed E-state index contributed by atoms with van der Waals surface area (Å²) in [6.07, 6.45) is 0.519. The first-order valence-corrected chi connectivity index (χ1v) is 8.74. The Labute approximate surface area is 115 Å². The summed E-state index contributed by atoms with van der Waals surface area (Å²) >= 11 is 1.15. The third-order valence-corrected chi connectivity index (χ3v) is 5.29. The molecular formula is C10H15N3O4S2. The van der Waals surface area contributed by atoms with Gasteiger partial charge in [0.2, 0.25) is 11.8 Å². The minimum Gasteiger partial charge on any atom is -0.416 e. The molecule has 1 aromatic heterocycles. The largest absolute Gasteiger partial charge is 0.416 e. The summed E-state index contributed by atoms with van der Waals surface area (Å²) < 4.78 is 28.1. The molecule has 0 radical (unpaired) electrons. The Balaban J connectivity index is 1.91. The number of rotatable bonds is 5. The number of hydrogen-bond acceptors (Lipinski definition) is 7. The number of aromatic nitrogens is 2. The molecule has 2 rings (SSSR count). The quantitative estimate of drug-likeness (QED) is 0.775. The maximum Gasteiger partial charge on any atom is 0.277 e. The Hall–Kier alpha value is -1.09. The average Bonchev–Trinajstić information content (AvgIpc) is 2.93. The van der Waals surface area contributed by atoms with Crippen LogP contribution in [-0.4, -0.2) is 48.3 Å². The molecule has 1 saturated heterocycles. The fourth-order valence-electron chi connectivity index (χ4n) is 1.81. The first-order chi connectivity index (χ1) is 9.00. The molecule has 0 spiro atoms. The number of nitrogens with one attached hydrogen (secondary N) is 1. The molecule has 0 aromatic carbocycles. The van der Waals surface area contributed by atoms with Crippen LogP contribution in [0.25, 0.3) is 0 Å². The minimum atomic E-state index is -2.97. The SMILES string of the molecule is CCNC(=O)CSc1nnc([C@H]2CCS(=O)(=O)C2)o1. The highest BCUT2D eigenvalue weighted by Gasteiger charge is 2.32. The van der Waals surface area contributed by atoms with E-state index in [1.54, 1.807) is 0 Å². The minimum absolute atomic E-state index is 0.0651. The Bertz CT molecular complexity index is 555. The van der Waals surface area contributed by atoms with Gasteiger partial charge >= 0.3 is 0 Å². The number of thioether (sulfide) groups is 1. The van der Waals surface area contributed by atoms with E-state index < -0.39 is 9.84 Å². The predicted molar refractivity (Wildman–Crippen MR) is 69.7 cm³/mol. The lowest BCUT2D eigenvalue weighted by Crippen LogP contribution is -2.24. The maximum atomic E-state index is 11.4. The van der Waals surface area contributed by atoms with Gasteiger partial charge in [-0.05, 0) is 13.3 Å². The second-order valence-corrected chi connectivity index (χ2v) is 7.40. The van der Waals surface area contributed by atoms with Gasteiger partial charge in [0, 0.05) is 6.54 Å². The smallest absolute Gasteiger partial charge is 0.277 e. The van der Waals surface area contributed by atoms with Crippen LogP contribution < -0.4 is 5.32 Å². The summed E-state index contributed by atoms with van der Waals surface area (Å²) in [7, 11) is -2.97. The number of amides is 1. The van der Waals surface area contributed by atoms with Gasteiger partial charge in [0.25, 0.3) is 5.22 Å². The monoisotopic (exact) mass is 305 g/mol. The van der Waals surface area contributed by atoms with Gasteiger partial charge in [-0.3, -0.25) is 4.79 Å². The first-order valence-electron chi connectivity index (χ1n) is 5.93. The molecule has 1 atom stereocenters. The van der Waals surface area contributed by atoms with E-state index in [2.05, 4.69) is 15.5 Å². The highest BCUT2D eigenvalue weighted by molar-refractivity contribution is 7.99. The second-order valence-electron chi connectivity index (χ2n) is 4.25. The standard InChI is InChI=1S/C10H15N3O4S2/c1-2-11-8(14)5-18-10-13-12-9(17-10)7-3-4-19(15,16)6-7/h7H,2-6H2,1H3,(H,11,14)/t7-/m0/s1. The van der Waals surface area contributed by atoms with E-state index in [9.17, 15) is 13.2 Å². The molecule has 1 aliphatic heterocycles. The van der Waals surface area contributed by atoms with Crippen LogP contribution in [-0.2, 0) is 14.6 Å². The van der Waals surface area contributed by atoms with Gasteiger partial charge in [-0.1, -0.05) is 11.8 Å². The van der Waals surface area contributed by atoms with E-state index in [1.807, 2.05) is 6.92 Å². The van der Waals surface area contributed by atoms with Gasteiger partial charge in [0.15, 0.2) is 9.84 Å². The molecule has 1 aliphatic rings. The van der Waals surface area contributed by atoms with Crippen molar-refractivity contribution in [2.45, 2.75) is 24.5 Å². The maximum absolute atomic E-state index is 11.4. The van der Waals surface area contributed by atoms with Crippen LogP contribution >= 0.6 is 11.8 Å². The zero-order valence-corrected chi connectivity index (χ0v) is 12.1. The van der Waals surface area contributed by atoms with Crippen LogP contribution in [0.1, 0.15) is 25.2 Å². The number of hydrogen-bond donors (Lipinski definition) is 1. The molecule has 1 aromatic rings. The third-order valence-electron chi connectivity index (χ3n) is 2.70. The number of sulfone groups is 1. The Kier molecular flexibility index (Phi) is 4.46. The Morgan fingerprint density at radius 3 is 2.95 bits per heavy atom. The molecule has 9 heteroatoms. The predicted octanol–water partition coefficient (Wildman–Crippen LogP) is 0.200. The molecule has 0 saturated carbocycles. The summed E-state index contributed by atoms with van der Waals surface area (Å²) in [5.41, 5.74) is 0. The zero-order valence-electron chi connectivity index (χ0n) is 10.5. The lowest BCUT2D eigenvalue weighted by atomic mass is 10.1. The lowest BCUT2D eigenvalue weighted by molar-refractivity contribution is -0.118. The molecular weight excluding hydrogens is 290 g/mol. The van der Waals surface area contributed by atoms with Gasteiger partial charge in [0.1, 0.15) is 0 Å². The molecule has 106 valence electrons. The van der Waals surface area contributed by atoms with Gasteiger partial charge in [-0.2, -0.15) is 0 Å². The summed E-state index contributed by atoms with van der Waals surface area (Å²) in [6.45, 7) is 2.42. The van der Waals surface area contributed by atoms with Crippen molar-refractivity contribution in [1.29, 1.82) is 0 Å². The topological polar surface area (TPSA) is 102 Å².